The largest absolute Gasteiger partial charge is 0.497 e. The Kier molecular flexibility index (Phi) is 6.89. The van der Waals surface area contributed by atoms with Crippen LogP contribution >= 0.6 is 0 Å². The van der Waals surface area contributed by atoms with Gasteiger partial charge in [-0.05, 0) is 36.4 Å². The van der Waals surface area contributed by atoms with Gasteiger partial charge in [0, 0.05) is 37.9 Å². The molecule has 2 aromatic rings. The van der Waals surface area contributed by atoms with Crippen molar-refractivity contribution in [3.05, 3.63) is 48.3 Å². The predicted molar refractivity (Wildman–Crippen MR) is 117 cm³/mol. The molecule has 0 unspecified atom stereocenters. The van der Waals surface area contributed by atoms with Gasteiger partial charge in [0.25, 0.3) is 0 Å². The van der Waals surface area contributed by atoms with Gasteiger partial charge >= 0.3 is 0 Å². The Hall–Kier alpha value is -3.01. The molecule has 1 amide bonds. The summed E-state index contributed by atoms with van der Waals surface area (Å²) in [6, 6.07) is 10.9. The maximum atomic E-state index is 13.1. The number of carbonyl (C=O) groups is 1. The van der Waals surface area contributed by atoms with E-state index < -0.39 is 10.0 Å². The molecule has 31 heavy (non-hydrogen) atoms. The Morgan fingerprint density at radius 1 is 1.03 bits per heavy atom. The quantitative estimate of drug-likeness (QED) is 0.640. The minimum atomic E-state index is -3.74. The molecule has 8 nitrogen and oxygen atoms in total. The van der Waals surface area contributed by atoms with E-state index >= 15 is 0 Å². The highest BCUT2D eigenvalue weighted by Crippen LogP contribution is 2.33. The number of methoxy groups -OCH3 is 2. The number of hydrogen-bond donors (Lipinski definition) is 0. The summed E-state index contributed by atoms with van der Waals surface area (Å²) < 4.78 is 49.6. The molecule has 0 spiro atoms. The molecular weight excluding hydrogens is 425 g/mol. The van der Waals surface area contributed by atoms with Crippen LogP contribution in [0.3, 0.4) is 0 Å². The summed E-state index contributed by atoms with van der Waals surface area (Å²) in [6.45, 7) is 1.68. The van der Waals surface area contributed by atoms with Crippen molar-refractivity contribution in [2.75, 3.05) is 62.4 Å². The minimum absolute atomic E-state index is 0.268. The predicted octanol–water partition coefficient (Wildman–Crippen LogP) is 1.96. The third-order valence-electron chi connectivity index (χ3n) is 5.16. The van der Waals surface area contributed by atoms with Gasteiger partial charge in [-0.2, -0.15) is 0 Å². The lowest BCUT2D eigenvalue weighted by molar-refractivity contribution is -0.129. The maximum absolute atomic E-state index is 13.1. The first kappa shape index (κ1) is 22.7. The topological polar surface area (TPSA) is 79.4 Å². The van der Waals surface area contributed by atoms with Crippen molar-refractivity contribution in [1.29, 1.82) is 0 Å². The number of hydrogen-bond acceptors (Lipinski definition) is 6. The van der Waals surface area contributed by atoms with E-state index in [0.29, 0.717) is 37.7 Å². The molecule has 168 valence electrons. The maximum Gasteiger partial charge on any atom is 0.243 e. The van der Waals surface area contributed by atoms with Gasteiger partial charge in [-0.25, -0.2) is 12.8 Å². The number of rotatable bonds is 7. The zero-order valence-electron chi connectivity index (χ0n) is 17.7. The highest BCUT2D eigenvalue weighted by Gasteiger charge is 2.28. The fourth-order valence-corrected chi connectivity index (χ4v) is 4.31. The number of benzene rings is 2. The molecule has 1 fully saturated rings. The van der Waals surface area contributed by atoms with E-state index in [-0.39, 0.29) is 24.0 Å². The summed E-state index contributed by atoms with van der Waals surface area (Å²) in [4.78, 5) is 16.6. The van der Waals surface area contributed by atoms with Gasteiger partial charge in [-0.15, -0.1) is 0 Å². The van der Waals surface area contributed by atoms with Gasteiger partial charge in [-0.1, -0.05) is 0 Å². The minimum Gasteiger partial charge on any atom is -0.497 e. The van der Waals surface area contributed by atoms with Crippen LogP contribution < -0.4 is 18.7 Å². The van der Waals surface area contributed by atoms with E-state index in [1.54, 1.807) is 35.2 Å². The number of carbonyl (C=O) groups excluding carboxylic acids is 1. The van der Waals surface area contributed by atoms with E-state index in [9.17, 15) is 17.6 Å². The first-order valence-corrected chi connectivity index (χ1v) is 11.6. The standard InChI is InChI=1S/C21H26FN3O5S/c1-29-18-8-9-19(20(14-18)30-2)25(31(3,27)28)15-21(26)24-12-10-23(11-13-24)17-6-4-16(22)5-7-17/h4-9,14H,10-13,15H2,1-3H3. The third kappa shape index (κ3) is 5.38. The van der Waals surface area contributed by atoms with Crippen LogP contribution in [-0.4, -0.2) is 72.4 Å². The second-order valence-electron chi connectivity index (χ2n) is 7.15. The van der Waals surface area contributed by atoms with Crippen LogP contribution in [0.4, 0.5) is 15.8 Å². The molecule has 0 aliphatic carbocycles. The van der Waals surface area contributed by atoms with Gasteiger partial charge in [0.1, 0.15) is 23.9 Å². The molecule has 0 aromatic heterocycles. The molecule has 10 heteroatoms. The molecule has 1 saturated heterocycles. The Morgan fingerprint density at radius 3 is 2.23 bits per heavy atom. The Balaban J connectivity index is 1.72. The normalized spacial score (nSPS) is 14.3. The SMILES string of the molecule is COc1ccc(N(CC(=O)N2CCN(c3ccc(F)cc3)CC2)S(C)(=O)=O)c(OC)c1. The van der Waals surface area contributed by atoms with Crippen molar-refractivity contribution in [2.45, 2.75) is 0 Å². The van der Waals surface area contributed by atoms with E-state index in [4.69, 9.17) is 9.47 Å². The zero-order chi connectivity index (χ0) is 22.6. The van der Waals surface area contributed by atoms with Crippen LogP contribution in [0.2, 0.25) is 0 Å². The van der Waals surface area contributed by atoms with Crippen molar-refractivity contribution in [1.82, 2.24) is 4.90 Å². The van der Waals surface area contributed by atoms with Crippen LogP contribution in [0.1, 0.15) is 0 Å². The van der Waals surface area contributed by atoms with Crippen LogP contribution in [0.25, 0.3) is 0 Å². The average molecular weight is 452 g/mol. The fraction of sp³-hybridized carbons (Fsp3) is 0.381. The number of amides is 1. The van der Waals surface area contributed by atoms with Crippen LogP contribution in [0.15, 0.2) is 42.5 Å². The number of sulfonamides is 1. The summed E-state index contributed by atoms with van der Waals surface area (Å²) in [7, 11) is -0.819. The zero-order valence-corrected chi connectivity index (χ0v) is 18.6. The number of halogens is 1. The molecule has 0 atom stereocenters. The molecule has 0 bridgehead atoms. The molecule has 0 saturated carbocycles. The van der Waals surface area contributed by atoms with E-state index in [2.05, 4.69) is 4.90 Å². The lowest BCUT2D eigenvalue weighted by Gasteiger charge is -2.37. The third-order valence-corrected chi connectivity index (χ3v) is 6.29. The summed E-state index contributed by atoms with van der Waals surface area (Å²) >= 11 is 0. The van der Waals surface area contributed by atoms with Gasteiger partial charge in [0.15, 0.2) is 0 Å². The highest BCUT2D eigenvalue weighted by molar-refractivity contribution is 7.92. The first-order valence-electron chi connectivity index (χ1n) is 9.71. The monoisotopic (exact) mass is 451 g/mol. The molecule has 3 rings (SSSR count). The highest BCUT2D eigenvalue weighted by atomic mass is 32.2. The number of anilines is 2. The van der Waals surface area contributed by atoms with E-state index in [0.717, 1.165) is 16.2 Å². The summed E-state index contributed by atoms with van der Waals surface area (Å²) in [5.74, 6) is 0.199. The van der Waals surface area contributed by atoms with Crippen LogP contribution in [-0.2, 0) is 14.8 Å². The van der Waals surface area contributed by atoms with Crippen molar-refractivity contribution < 1.29 is 27.1 Å². The smallest absolute Gasteiger partial charge is 0.243 e. The lowest BCUT2D eigenvalue weighted by atomic mass is 10.2. The van der Waals surface area contributed by atoms with Gasteiger partial charge < -0.3 is 19.3 Å². The molecule has 0 N–H and O–H groups in total. The molecule has 1 aliphatic heterocycles. The Bertz CT molecular complexity index is 1020. The van der Waals surface area contributed by atoms with E-state index in [1.165, 1.54) is 26.4 Å². The average Bonchev–Trinajstić information content (AvgIpc) is 2.77. The first-order chi connectivity index (χ1) is 14.7. The van der Waals surface area contributed by atoms with Gasteiger partial charge in [-0.3, -0.25) is 9.10 Å². The van der Waals surface area contributed by atoms with Gasteiger partial charge in [0.2, 0.25) is 15.9 Å². The molecule has 2 aromatic carbocycles. The summed E-state index contributed by atoms with van der Waals surface area (Å²) in [5, 5.41) is 0. The van der Waals surface area contributed by atoms with E-state index in [1.807, 2.05) is 0 Å². The molecule has 0 radical (unpaired) electrons. The number of nitrogens with zero attached hydrogens (tertiary/aromatic N) is 3. The molecular formula is C21H26FN3O5S. The van der Waals surface area contributed by atoms with Crippen LogP contribution in [0, 0.1) is 5.82 Å². The lowest BCUT2D eigenvalue weighted by Crippen LogP contribution is -2.52. The van der Waals surface area contributed by atoms with Crippen molar-refractivity contribution in [2.24, 2.45) is 0 Å². The van der Waals surface area contributed by atoms with Gasteiger partial charge in [0.05, 0.1) is 26.2 Å². The fourth-order valence-electron chi connectivity index (χ4n) is 3.46. The van der Waals surface area contributed by atoms with Crippen molar-refractivity contribution in [3.63, 3.8) is 0 Å². The summed E-state index contributed by atoms with van der Waals surface area (Å²) in [6.07, 6.45) is 1.05. The summed E-state index contributed by atoms with van der Waals surface area (Å²) in [5.41, 5.74) is 1.15. The second kappa shape index (κ2) is 9.42. The van der Waals surface area contributed by atoms with Crippen molar-refractivity contribution in [3.8, 4) is 11.5 Å². The van der Waals surface area contributed by atoms with Crippen LogP contribution in [0.5, 0.6) is 11.5 Å². The Morgan fingerprint density at radius 2 is 1.68 bits per heavy atom. The second-order valence-corrected chi connectivity index (χ2v) is 9.06. The molecule has 1 heterocycles. The Labute approximate surface area is 181 Å². The number of ether oxygens (including phenoxy) is 2. The molecule has 1 aliphatic rings. The number of piperazine rings is 1. The van der Waals surface area contributed by atoms with Crippen molar-refractivity contribution >= 4 is 27.3 Å².